The lowest BCUT2D eigenvalue weighted by atomic mass is 10.3. The maximum atomic E-state index is 5.39. The lowest BCUT2D eigenvalue weighted by molar-refractivity contribution is 0.140. The summed E-state index contributed by atoms with van der Waals surface area (Å²) in [5.41, 5.74) is 0. The van der Waals surface area contributed by atoms with E-state index in [1.165, 1.54) is 0 Å². The number of likely N-dealkylation sites (N-methyl/N-ethyl adjacent to an activating group) is 1. The predicted octanol–water partition coefficient (Wildman–Crippen LogP) is 1.79. The molecule has 0 aromatic carbocycles. The number of furan rings is 1. The van der Waals surface area contributed by atoms with E-state index >= 15 is 0 Å². The van der Waals surface area contributed by atoms with Crippen LogP contribution in [0.25, 0.3) is 0 Å². The first-order chi connectivity index (χ1) is 6.74. The summed E-state index contributed by atoms with van der Waals surface area (Å²) in [6.45, 7) is 5.51. The van der Waals surface area contributed by atoms with E-state index < -0.39 is 0 Å². The van der Waals surface area contributed by atoms with Crippen LogP contribution in [0.5, 0.6) is 0 Å². The van der Waals surface area contributed by atoms with Crippen molar-refractivity contribution in [1.82, 2.24) is 9.80 Å². The molecule has 1 aliphatic rings. The first kappa shape index (κ1) is 10.2. The van der Waals surface area contributed by atoms with Crippen LogP contribution in [0.2, 0.25) is 0 Å². The second-order valence-corrected chi connectivity index (χ2v) is 4.73. The minimum Gasteiger partial charge on any atom is -0.467 e. The van der Waals surface area contributed by atoms with E-state index in [1.807, 2.05) is 6.07 Å². The van der Waals surface area contributed by atoms with Crippen molar-refractivity contribution in [3.63, 3.8) is 0 Å². The topological polar surface area (TPSA) is 19.6 Å². The van der Waals surface area contributed by atoms with Crippen molar-refractivity contribution < 1.29 is 4.42 Å². The van der Waals surface area contributed by atoms with Crippen molar-refractivity contribution in [2.24, 2.45) is 0 Å². The van der Waals surface area contributed by atoms with Crippen LogP contribution in [-0.4, -0.2) is 43.0 Å². The monoisotopic (exact) mass is 258 g/mol. The molecule has 0 N–H and O–H groups in total. The molecule has 4 heteroatoms. The Morgan fingerprint density at radius 3 is 2.64 bits per heavy atom. The molecule has 14 heavy (non-hydrogen) atoms. The summed E-state index contributed by atoms with van der Waals surface area (Å²) in [6, 6.07) is 2.04. The van der Waals surface area contributed by atoms with Crippen LogP contribution in [0.15, 0.2) is 21.2 Å². The van der Waals surface area contributed by atoms with E-state index in [-0.39, 0.29) is 0 Å². The van der Waals surface area contributed by atoms with Gasteiger partial charge in [0.1, 0.15) is 12.0 Å². The Bertz CT molecular complexity index is 292. The molecule has 0 unspecified atom stereocenters. The molecule has 1 aliphatic heterocycles. The van der Waals surface area contributed by atoms with Crippen molar-refractivity contribution in [2.45, 2.75) is 6.54 Å². The number of nitrogens with zero attached hydrogens (tertiary/aromatic N) is 2. The van der Waals surface area contributed by atoms with E-state index in [2.05, 4.69) is 32.8 Å². The fraction of sp³-hybridized carbons (Fsp3) is 0.600. The third kappa shape index (κ3) is 2.59. The van der Waals surface area contributed by atoms with Crippen molar-refractivity contribution >= 4 is 15.9 Å². The Hall–Kier alpha value is -0.320. The molecule has 1 fully saturated rings. The molecule has 2 rings (SSSR count). The number of piperazine rings is 1. The minimum absolute atomic E-state index is 0.930. The molecule has 1 aromatic heterocycles. The molecule has 0 saturated carbocycles. The van der Waals surface area contributed by atoms with Gasteiger partial charge in [-0.25, -0.2) is 0 Å². The predicted molar refractivity (Wildman–Crippen MR) is 59.2 cm³/mol. The van der Waals surface area contributed by atoms with Crippen molar-refractivity contribution in [3.05, 3.63) is 22.6 Å². The van der Waals surface area contributed by atoms with E-state index in [0.29, 0.717) is 0 Å². The summed E-state index contributed by atoms with van der Waals surface area (Å²) in [5.74, 6) is 1.04. The van der Waals surface area contributed by atoms with Gasteiger partial charge in [0.15, 0.2) is 0 Å². The molecule has 1 saturated heterocycles. The van der Waals surface area contributed by atoms with Crippen LogP contribution in [0.1, 0.15) is 5.76 Å². The minimum atomic E-state index is 0.930. The second-order valence-electron chi connectivity index (χ2n) is 3.81. The summed E-state index contributed by atoms with van der Waals surface area (Å²) in [4.78, 5) is 4.78. The summed E-state index contributed by atoms with van der Waals surface area (Å²) in [7, 11) is 2.17. The standard InChI is InChI=1S/C10H15BrN2O/c1-12-2-4-13(5-3-12)7-10-6-9(11)8-14-10/h6,8H,2-5,7H2,1H3. The van der Waals surface area contributed by atoms with Gasteiger partial charge in [0.25, 0.3) is 0 Å². The van der Waals surface area contributed by atoms with Gasteiger partial charge in [-0.2, -0.15) is 0 Å². The first-order valence-corrected chi connectivity index (χ1v) is 5.67. The molecule has 3 nitrogen and oxygen atoms in total. The van der Waals surface area contributed by atoms with Gasteiger partial charge in [0.05, 0.1) is 11.0 Å². The maximum Gasteiger partial charge on any atom is 0.118 e. The average molecular weight is 259 g/mol. The van der Waals surface area contributed by atoms with Crippen molar-refractivity contribution in [3.8, 4) is 0 Å². The highest BCUT2D eigenvalue weighted by molar-refractivity contribution is 9.10. The van der Waals surface area contributed by atoms with E-state index in [4.69, 9.17) is 4.42 Å². The molecule has 0 aliphatic carbocycles. The summed E-state index contributed by atoms with van der Waals surface area (Å²) in [5, 5.41) is 0. The van der Waals surface area contributed by atoms with Crippen LogP contribution >= 0.6 is 15.9 Å². The third-order valence-electron chi connectivity index (χ3n) is 2.60. The highest BCUT2D eigenvalue weighted by Crippen LogP contribution is 2.16. The van der Waals surface area contributed by atoms with Crippen molar-refractivity contribution in [2.75, 3.05) is 33.2 Å². The molecule has 0 radical (unpaired) electrons. The zero-order valence-electron chi connectivity index (χ0n) is 8.37. The summed E-state index contributed by atoms with van der Waals surface area (Å²) in [6.07, 6.45) is 1.74. The van der Waals surface area contributed by atoms with Gasteiger partial charge in [0, 0.05) is 26.2 Å². The summed E-state index contributed by atoms with van der Waals surface area (Å²) < 4.78 is 6.42. The lowest BCUT2D eigenvalue weighted by Gasteiger charge is -2.31. The van der Waals surface area contributed by atoms with Gasteiger partial charge in [0.2, 0.25) is 0 Å². The normalized spacial score (nSPS) is 20.1. The Morgan fingerprint density at radius 1 is 1.36 bits per heavy atom. The molecule has 0 bridgehead atoms. The fourth-order valence-corrected chi connectivity index (χ4v) is 2.01. The Kier molecular flexibility index (Phi) is 3.26. The summed E-state index contributed by atoms with van der Waals surface area (Å²) >= 11 is 3.39. The third-order valence-corrected chi connectivity index (χ3v) is 3.01. The van der Waals surface area contributed by atoms with Gasteiger partial charge < -0.3 is 9.32 Å². The van der Waals surface area contributed by atoms with Crippen LogP contribution in [0.4, 0.5) is 0 Å². The smallest absolute Gasteiger partial charge is 0.118 e. The number of halogens is 1. The molecular weight excluding hydrogens is 244 g/mol. The van der Waals surface area contributed by atoms with E-state index in [9.17, 15) is 0 Å². The van der Waals surface area contributed by atoms with Gasteiger partial charge in [-0.15, -0.1) is 0 Å². The van der Waals surface area contributed by atoms with Gasteiger partial charge in [-0.3, -0.25) is 4.90 Å². The number of hydrogen-bond donors (Lipinski definition) is 0. The molecule has 1 aromatic rings. The second kappa shape index (κ2) is 4.47. The average Bonchev–Trinajstić information content (AvgIpc) is 2.56. The van der Waals surface area contributed by atoms with Gasteiger partial charge in [-0.1, -0.05) is 0 Å². The zero-order chi connectivity index (χ0) is 9.97. The Balaban J connectivity index is 1.86. The van der Waals surface area contributed by atoms with Crippen LogP contribution in [-0.2, 0) is 6.54 Å². The molecular formula is C10H15BrN2O. The first-order valence-electron chi connectivity index (χ1n) is 4.88. The highest BCUT2D eigenvalue weighted by Gasteiger charge is 2.14. The fourth-order valence-electron chi connectivity index (χ4n) is 1.66. The van der Waals surface area contributed by atoms with Gasteiger partial charge in [-0.05, 0) is 29.0 Å². The van der Waals surface area contributed by atoms with Crippen molar-refractivity contribution in [1.29, 1.82) is 0 Å². The van der Waals surface area contributed by atoms with Crippen LogP contribution in [0.3, 0.4) is 0 Å². The highest BCUT2D eigenvalue weighted by atomic mass is 79.9. The molecule has 0 amide bonds. The van der Waals surface area contributed by atoms with Crippen LogP contribution in [0, 0.1) is 0 Å². The van der Waals surface area contributed by atoms with E-state index in [0.717, 1.165) is 43.0 Å². The number of hydrogen-bond acceptors (Lipinski definition) is 3. The van der Waals surface area contributed by atoms with Crippen LogP contribution < -0.4 is 0 Å². The zero-order valence-corrected chi connectivity index (χ0v) is 9.96. The van der Waals surface area contributed by atoms with Gasteiger partial charge >= 0.3 is 0 Å². The lowest BCUT2D eigenvalue weighted by Crippen LogP contribution is -2.43. The molecule has 2 heterocycles. The Morgan fingerprint density at radius 2 is 2.07 bits per heavy atom. The SMILES string of the molecule is CN1CCN(Cc2cc(Br)co2)CC1. The molecule has 78 valence electrons. The molecule has 0 atom stereocenters. The van der Waals surface area contributed by atoms with E-state index in [1.54, 1.807) is 6.26 Å². The largest absolute Gasteiger partial charge is 0.467 e. The Labute approximate surface area is 92.8 Å². The molecule has 0 spiro atoms. The number of rotatable bonds is 2. The maximum absolute atomic E-state index is 5.39. The quantitative estimate of drug-likeness (QED) is 0.807.